The summed E-state index contributed by atoms with van der Waals surface area (Å²) in [6.45, 7) is 0. The van der Waals surface area contributed by atoms with E-state index in [2.05, 4.69) is 9.63 Å². The van der Waals surface area contributed by atoms with Gasteiger partial charge in [0.25, 0.3) is 0 Å². The van der Waals surface area contributed by atoms with Gasteiger partial charge in [0.2, 0.25) is 0 Å². The molecule has 3 N–H and O–H groups in total. The van der Waals surface area contributed by atoms with Crippen LogP contribution in [0.4, 0.5) is 23.0 Å². The molecular formula is C6H7B2F4N2O5S-. The van der Waals surface area contributed by atoms with E-state index in [1.807, 2.05) is 0 Å². The lowest BCUT2D eigenvalue weighted by atomic mass is 9.80. The SMILES string of the molecule is F[B-](F)(F)F.O=S(=O)(O)N=Nc1ccc(B(O)O)cc1. The van der Waals surface area contributed by atoms with Crippen LogP contribution in [0.3, 0.4) is 0 Å². The van der Waals surface area contributed by atoms with Crippen molar-refractivity contribution >= 4 is 35.8 Å². The van der Waals surface area contributed by atoms with Gasteiger partial charge in [-0.05, 0) is 22.1 Å². The number of hydrogen-bond acceptors (Lipinski definition) is 5. The Balaban J connectivity index is 0.000000621. The second-order valence-corrected chi connectivity index (χ2v) is 4.15. The molecule has 0 fully saturated rings. The highest BCUT2D eigenvalue weighted by Crippen LogP contribution is 2.10. The maximum Gasteiger partial charge on any atom is 0.673 e. The molecule has 0 aliphatic carbocycles. The van der Waals surface area contributed by atoms with Crippen molar-refractivity contribution in [2.24, 2.45) is 9.63 Å². The molecule has 0 unspecified atom stereocenters. The zero-order valence-electron chi connectivity index (χ0n) is 9.44. The first-order valence-corrected chi connectivity index (χ1v) is 6.02. The van der Waals surface area contributed by atoms with Gasteiger partial charge in [-0.3, -0.25) is 4.55 Å². The topological polar surface area (TPSA) is 120 Å². The Bertz CT molecular complexity index is 541. The lowest BCUT2D eigenvalue weighted by Crippen LogP contribution is -2.29. The molecule has 0 aliphatic heterocycles. The second-order valence-electron chi connectivity index (χ2n) is 3.09. The highest BCUT2D eigenvalue weighted by atomic mass is 32.2. The molecule has 0 saturated carbocycles. The third kappa shape index (κ3) is 11.6. The van der Waals surface area contributed by atoms with E-state index >= 15 is 0 Å². The van der Waals surface area contributed by atoms with Crippen LogP contribution in [0.1, 0.15) is 0 Å². The zero-order chi connectivity index (χ0) is 16.0. The molecule has 14 heteroatoms. The fourth-order valence-electron chi connectivity index (χ4n) is 0.812. The van der Waals surface area contributed by atoms with Gasteiger partial charge in [0.15, 0.2) is 0 Å². The van der Waals surface area contributed by atoms with Crippen LogP contribution in [-0.4, -0.2) is 37.4 Å². The van der Waals surface area contributed by atoms with E-state index in [1.165, 1.54) is 24.3 Å². The fourth-order valence-corrected chi connectivity index (χ4v) is 1.01. The highest BCUT2D eigenvalue weighted by Gasteiger charge is 2.20. The highest BCUT2D eigenvalue weighted by molar-refractivity contribution is 7.84. The number of rotatable bonds is 3. The standard InChI is InChI=1S/C6H7BN2O5S.BF4/c10-7(11)5-1-3-6(4-2-5)8-9-15(12,13)14;2-1(3,4)5/h1-4,10-11H,(H,12,13,14);/q;-1. The Morgan fingerprint density at radius 3 is 1.75 bits per heavy atom. The molecule has 0 saturated heterocycles. The fraction of sp³-hybridized carbons (Fsp3) is 0. The number of nitrogens with zero attached hydrogens (tertiary/aromatic N) is 2. The summed E-state index contributed by atoms with van der Waals surface area (Å²) in [6.07, 6.45) is 0. The van der Waals surface area contributed by atoms with Crippen LogP contribution in [-0.2, 0) is 10.3 Å². The number of halogens is 4. The molecule has 0 atom stereocenters. The van der Waals surface area contributed by atoms with Crippen molar-refractivity contribution in [3.8, 4) is 0 Å². The average Bonchev–Trinajstić information content (AvgIpc) is 2.23. The predicted octanol–water partition coefficient (Wildman–Crippen LogP) is 0.553. The molecule has 0 bridgehead atoms. The van der Waals surface area contributed by atoms with Crippen LogP contribution in [0.5, 0.6) is 0 Å². The lowest BCUT2D eigenvalue weighted by Gasteiger charge is -1.97. The van der Waals surface area contributed by atoms with Gasteiger partial charge < -0.3 is 27.3 Å². The van der Waals surface area contributed by atoms with Crippen molar-refractivity contribution in [1.29, 1.82) is 0 Å². The normalized spacial score (nSPS) is 11.9. The van der Waals surface area contributed by atoms with Crippen molar-refractivity contribution in [2.75, 3.05) is 0 Å². The third-order valence-corrected chi connectivity index (χ3v) is 1.74. The molecule has 7 nitrogen and oxygen atoms in total. The van der Waals surface area contributed by atoms with Crippen LogP contribution < -0.4 is 5.46 Å². The van der Waals surface area contributed by atoms with Crippen molar-refractivity contribution in [2.45, 2.75) is 0 Å². The molecular weight excluding hydrogens is 310 g/mol. The second kappa shape index (κ2) is 7.33. The smallest absolute Gasteiger partial charge is 0.423 e. The van der Waals surface area contributed by atoms with Gasteiger partial charge in [0, 0.05) is 0 Å². The van der Waals surface area contributed by atoms with Crippen molar-refractivity contribution < 1.29 is 40.3 Å². The summed E-state index contributed by atoms with van der Waals surface area (Å²) in [6, 6.07) is 5.32. The van der Waals surface area contributed by atoms with Crippen molar-refractivity contribution in [3.05, 3.63) is 24.3 Å². The Labute approximate surface area is 111 Å². The van der Waals surface area contributed by atoms with E-state index in [4.69, 9.17) is 14.6 Å². The molecule has 0 aromatic heterocycles. The summed E-state index contributed by atoms with van der Waals surface area (Å²) in [5, 5.41) is 20.7. The van der Waals surface area contributed by atoms with Gasteiger partial charge in [0.1, 0.15) is 0 Å². The summed E-state index contributed by atoms with van der Waals surface area (Å²) < 4.78 is 70.3. The van der Waals surface area contributed by atoms with Gasteiger partial charge in [-0.25, -0.2) is 0 Å². The summed E-state index contributed by atoms with van der Waals surface area (Å²) in [5.74, 6) is 0. The number of hydrogen-bond donors (Lipinski definition) is 3. The molecule has 0 amide bonds. The molecule has 0 spiro atoms. The first-order chi connectivity index (χ1) is 8.88. The van der Waals surface area contributed by atoms with Crippen LogP contribution in [0, 0.1) is 0 Å². The maximum atomic E-state index is 10.2. The van der Waals surface area contributed by atoms with E-state index in [-0.39, 0.29) is 11.2 Å². The van der Waals surface area contributed by atoms with E-state index in [9.17, 15) is 25.7 Å². The van der Waals surface area contributed by atoms with Crippen LogP contribution in [0.15, 0.2) is 33.9 Å². The largest absolute Gasteiger partial charge is 0.673 e. The zero-order valence-corrected chi connectivity index (χ0v) is 10.3. The van der Waals surface area contributed by atoms with Gasteiger partial charge in [-0.15, -0.1) is 5.11 Å². The van der Waals surface area contributed by atoms with Gasteiger partial charge in [-0.2, -0.15) is 8.42 Å². The first kappa shape index (κ1) is 18.5. The van der Waals surface area contributed by atoms with Gasteiger partial charge in [0.05, 0.1) is 5.69 Å². The monoisotopic (exact) mass is 317 g/mol. The minimum absolute atomic E-state index is 0.164. The van der Waals surface area contributed by atoms with Crippen LogP contribution >= 0.6 is 0 Å². The van der Waals surface area contributed by atoms with Crippen LogP contribution in [0.2, 0.25) is 0 Å². The van der Waals surface area contributed by atoms with E-state index in [1.54, 1.807) is 0 Å². The Hall–Kier alpha value is -1.50. The molecule has 112 valence electrons. The first-order valence-electron chi connectivity index (χ1n) is 4.62. The predicted molar refractivity (Wildman–Crippen MR) is 62.5 cm³/mol. The summed E-state index contributed by atoms with van der Waals surface area (Å²) in [4.78, 5) is 0. The molecule has 0 heterocycles. The minimum atomic E-state index is -6.00. The summed E-state index contributed by atoms with van der Waals surface area (Å²) >= 11 is 0. The van der Waals surface area contributed by atoms with Crippen molar-refractivity contribution in [3.63, 3.8) is 0 Å². The molecule has 1 aromatic carbocycles. The minimum Gasteiger partial charge on any atom is -0.423 e. The third-order valence-electron chi connectivity index (χ3n) is 1.45. The Morgan fingerprint density at radius 2 is 1.45 bits per heavy atom. The molecule has 1 aromatic rings. The van der Waals surface area contributed by atoms with Gasteiger partial charge in [-0.1, -0.05) is 12.1 Å². The van der Waals surface area contributed by atoms with Crippen LogP contribution in [0.25, 0.3) is 0 Å². The average molecular weight is 317 g/mol. The quantitative estimate of drug-likeness (QED) is 0.325. The Kier molecular flexibility index (Phi) is 6.78. The summed E-state index contributed by atoms with van der Waals surface area (Å²) in [5.41, 5.74) is 0.401. The molecule has 0 aliphatic rings. The molecule has 0 radical (unpaired) electrons. The molecule has 1 rings (SSSR count). The number of benzene rings is 1. The summed E-state index contributed by atoms with van der Waals surface area (Å²) in [7, 11) is -12.1. The van der Waals surface area contributed by atoms with E-state index < -0.39 is 24.7 Å². The maximum absolute atomic E-state index is 10.2. The lowest BCUT2D eigenvalue weighted by molar-refractivity contribution is 0.368. The van der Waals surface area contributed by atoms with Gasteiger partial charge >= 0.3 is 24.7 Å². The van der Waals surface area contributed by atoms with Crippen molar-refractivity contribution in [1.82, 2.24) is 0 Å². The van der Waals surface area contributed by atoms with E-state index in [0.29, 0.717) is 0 Å². The van der Waals surface area contributed by atoms with E-state index in [0.717, 1.165) is 0 Å². The Morgan fingerprint density at radius 1 is 1.05 bits per heavy atom. The molecule has 20 heavy (non-hydrogen) atoms.